The lowest BCUT2D eigenvalue weighted by Gasteiger charge is -2.14. The van der Waals surface area contributed by atoms with Crippen molar-refractivity contribution in [3.8, 4) is 5.75 Å². The molecule has 3 rings (SSSR count). The number of halogens is 2. The number of anilines is 1. The largest absolute Gasteiger partial charge is 0.497 e. The molecule has 0 radical (unpaired) electrons. The third-order valence-corrected chi connectivity index (χ3v) is 6.45. The first-order valence-corrected chi connectivity index (χ1v) is 11.7. The zero-order valence-electron chi connectivity index (χ0n) is 18.3. The van der Waals surface area contributed by atoms with Crippen LogP contribution < -0.4 is 15.4 Å². The van der Waals surface area contributed by atoms with Gasteiger partial charge in [-0.1, -0.05) is 47.1 Å². The van der Waals surface area contributed by atoms with Crippen molar-refractivity contribution in [1.29, 1.82) is 0 Å². The standard InChI is InChI=1S/C22H23Cl2N5O3S/c1-13(25-19(30)10-14-4-7-16(32-3)8-5-14)21-27-28-22(29(21)2)33-12-20(31)26-15-6-9-17(23)18(24)11-15/h4-9,11,13H,10,12H2,1-3H3,(H,25,30)(H,26,31). The summed E-state index contributed by atoms with van der Waals surface area (Å²) in [6.45, 7) is 1.83. The highest BCUT2D eigenvalue weighted by Gasteiger charge is 2.18. The fourth-order valence-corrected chi connectivity index (χ4v) is 4.03. The second kappa shape index (κ2) is 11.4. The summed E-state index contributed by atoms with van der Waals surface area (Å²) in [7, 11) is 3.39. The van der Waals surface area contributed by atoms with E-state index in [1.54, 1.807) is 36.9 Å². The number of nitrogens with one attached hydrogen (secondary N) is 2. The molecular weight excluding hydrogens is 485 g/mol. The minimum Gasteiger partial charge on any atom is -0.497 e. The highest BCUT2D eigenvalue weighted by Crippen LogP contribution is 2.25. The molecule has 2 aromatic carbocycles. The molecule has 0 saturated heterocycles. The highest BCUT2D eigenvalue weighted by atomic mass is 35.5. The number of benzene rings is 2. The number of hydrogen-bond acceptors (Lipinski definition) is 6. The Hall–Kier alpha value is -2.75. The van der Waals surface area contributed by atoms with Crippen molar-refractivity contribution in [3.63, 3.8) is 0 Å². The number of hydrogen-bond donors (Lipinski definition) is 2. The van der Waals surface area contributed by atoms with Gasteiger partial charge in [0.25, 0.3) is 0 Å². The molecule has 0 bridgehead atoms. The number of methoxy groups -OCH3 is 1. The summed E-state index contributed by atoms with van der Waals surface area (Å²) in [6, 6.07) is 11.9. The summed E-state index contributed by atoms with van der Waals surface area (Å²) >= 11 is 13.1. The van der Waals surface area contributed by atoms with Gasteiger partial charge in [0.2, 0.25) is 11.8 Å². The average Bonchev–Trinajstić information content (AvgIpc) is 3.15. The summed E-state index contributed by atoms with van der Waals surface area (Å²) in [5.74, 6) is 1.10. The first-order chi connectivity index (χ1) is 15.8. The second-order valence-corrected chi connectivity index (χ2v) is 8.94. The molecule has 3 aromatic rings. The molecule has 1 atom stereocenters. The number of amides is 2. The molecule has 2 amide bonds. The Morgan fingerprint density at radius 3 is 2.48 bits per heavy atom. The lowest BCUT2D eigenvalue weighted by molar-refractivity contribution is -0.121. The molecule has 1 aromatic heterocycles. The third-order valence-electron chi connectivity index (χ3n) is 4.69. The van der Waals surface area contributed by atoms with Gasteiger partial charge in [-0.05, 0) is 42.8 Å². The molecule has 33 heavy (non-hydrogen) atoms. The van der Waals surface area contributed by atoms with Crippen molar-refractivity contribution in [2.45, 2.75) is 24.5 Å². The van der Waals surface area contributed by atoms with Crippen LogP contribution in [0.5, 0.6) is 5.75 Å². The first-order valence-electron chi connectivity index (χ1n) is 9.96. The molecular formula is C22H23Cl2N5O3S. The summed E-state index contributed by atoms with van der Waals surface area (Å²) in [4.78, 5) is 24.7. The van der Waals surface area contributed by atoms with Crippen molar-refractivity contribution in [3.05, 3.63) is 63.9 Å². The van der Waals surface area contributed by atoms with E-state index in [9.17, 15) is 9.59 Å². The predicted octanol–water partition coefficient (Wildman–Crippen LogP) is 4.28. The van der Waals surface area contributed by atoms with Crippen molar-refractivity contribution >= 4 is 52.5 Å². The average molecular weight is 508 g/mol. The molecule has 174 valence electrons. The molecule has 0 saturated carbocycles. The second-order valence-electron chi connectivity index (χ2n) is 7.18. The van der Waals surface area contributed by atoms with Gasteiger partial charge in [-0.25, -0.2) is 0 Å². The number of carbonyl (C=O) groups is 2. The van der Waals surface area contributed by atoms with E-state index < -0.39 is 0 Å². The van der Waals surface area contributed by atoms with E-state index >= 15 is 0 Å². The van der Waals surface area contributed by atoms with Crippen LogP contribution in [0, 0.1) is 0 Å². The number of nitrogens with zero attached hydrogens (tertiary/aromatic N) is 3. The number of thioether (sulfide) groups is 1. The Bertz CT molecular complexity index is 1140. The molecule has 11 heteroatoms. The van der Waals surface area contributed by atoms with Crippen LogP contribution in [0.1, 0.15) is 24.4 Å². The third kappa shape index (κ3) is 6.86. The Kier molecular flexibility index (Phi) is 8.60. The molecule has 8 nitrogen and oxygen atoms in total. The predicted molar refractivity (Wildman–Crippen MR) is 130 cm³/mol. The van der Waals surface area contributed by atoms with E-state index in [-0.39, 0.29) is 30.0 Å². The van der Waals surface area contributed by atoms with Gasteiger partial charge in [0.05, 0.1) is 35.4 Å². The van der Waals surface area contributed by atoms with Gasteiger partial charge in [-0.15, -0.1) is 10.2 Å². The zero-order chi connectivity index (χ0) is 24.0. The minimum atomic E-state index is -0.354. The maximum absolute atomic E-state index is 12.4. The lowest BCUT2D eigenvalue weighted by atomic mass is 10.1. The number of ether oxygens (including phenoxy) is 1. The molecule has 2 N–H and O–H groups in total. The lowest BCUT2D eigenvalue weighted by Crippen LogP contribution is -2.29. The van der Waals surface area contributed by atoms with E-state index in [1.165, 1.54) is 11.8 Å². The fraction of sp³-hybridized carbons (Fsp3) is 0.273. The van der Waals surface area contributed by atoms with Gasteiger partial charge in [0.1, 0.15) is 5.75 Å². The number of aromatic nitrogens is 3. The molecule has 0 spiro atoms. The maximum Gasteiger partial charge on any atom is 0.234 e. The van der Waals surface area contributed by atoms with E-state index in [0.717, 1.165) is 11.3 Å². The zero-order valence-corrected chi connectivity index (χ0v) is 20.6. The number of rotatable bonds is 9. The van der Waals surface area contributed by atoms with Crippen molar-refractivity contribution in [1.82, 2.24) is 20.1 Å². The molecule has 0 aliphatic carbocycles. The highest BCUT2D eigenvalue weighted by molar-refractivity contribution is 7.99. The maximum atomic E-state index is 12.4. The summed E-state index contributed by atoms with van der Waals surface area (Å²) < 4.78 is 6.89. The topological polar surface area (TPSA) is 98.1 Å². The summed E-state index contributed by atoms with van der Waals surface area (Å²) in [6.07, 6.45) is 0.239. The molecule has 0 aliphatic rings. The van der Waals surface area contributed by atoms with Gasteiger partial charge in [-0.3, -0.25) is 9.59 Å². The van der Waals surface area contributed by atoms with Gasteiger partial charge in [0, 0.05) is 12.7 Å². The Morgan fingerprint density at radius 2 is 1.82 bits per heavy atom. The normalized spacial score (nSPS) is 11.7. The van der Waals surface area contributed by atoms with Crippen LogP contribution in [-0.4, -0.2) is 39.4 Å². The Labute approximate surface area is 206 Å². The molecule has 0 fully saturated rings. The van der Waals surface area contributed by atoms with Crippen LogP contribution in [0.4, 0.5) is 5.69 Å². The van der Waals surface area contributed by atoms with Crippen LogP contribution in [0.25, 0.3) is 0 Å². The fourth-order valence-electron chi connectivity index (χ4n) is 3.02. The van der Waals surface area contributed by atoms with Gasteiger partial charge in [0.15, 0.2) is 11.0 Å². The van der Waals surface area contributed by atoms with Crippen molar-refractivity contribution in [2.24, 2.45) is 7.05 Å². The van der Waals surface area contributed by atoms with Crippen molar-refractivity contribution in [2.75, 3.05) is 18.2 Å². The van der Waals surface area contributed by atoms with E-state index in [2.05, 4.69) is 20.8 Å². The first kappa shape index (κ1) is 24.9. The van der Waals surface area contributed by atoms with Crippen LogP contribution >= 0.6 is 35.0 Å². The van der Waals surface area contributed by atoms with E-state index in [0.29, 0.717) is 26.7 Å². The molecule has 1 unspecified atom stereocenters. The van der Waals surface area contributed by atoms with Crippen LogP contribution in [0.3, 0.4) is 0 Å². The number of carbonyl (C=O) groups excluding carboxylic acids is 2. The monoisotopic (exact) mass is 507 g/mol. The molecule has 1 heterocycles. The SMILES string of the molecule is COc1ccc(CC(=O)NC(C)c2nnc(SCC(=O)Nc3ccc(Cl)c(Cl)c3)n2C)cc1. The van der Waals surface area contributed by atoms with Crippen LogP contribution in [0.15, 0.2) is 47.6 Å². The summed E-state index contributed by atoms with van der Waals surface area (Å²) in [5.41, 5.74) is 1.43. The van der Waals surface area contributed by atoms with Crippen molar-refractivity contribution < 1.29 is 14.3 Å². The van der Waals surface area contributed by atoms with Gasteiger partial charge in [-0.2, -0.15) is 0 Å². The Morgan fingerprint density at radius 1 is 1.09 bits per heavy atom. The smallest absolute Gasteiger partial charge is 0.234 e. The minimum absolute atomic E-state index is 0.129. The quantitative estimate of drug-likeness (QED) is 0.419. The van der Waals surface area contributed by atoms with Gasteiger partial charge < -0.3 is 19.9 Å². The van der Waals surface area contributed by atoms with E-state index in [1.807, 2.05) is 31.2 Å². The Balaban J connectivity index is 1.52. The van der Waals surface area contributed by atoms with Gasteiger partial charge >= 0.3 is 0 Å². The molecule has 0 aliphatic heterocycles. The van der Waals surface area contributed by atoms with Crippen LogP contribution in [-0.2, 0) is 23.1 Å². The van der Waals surface area contributed by atoms with Crippen LogP contribution in [0.2, 0.25) is 10.0 Å². The summed E-state index contributed by atoms with van der Waals surface area (Å²) in [5, 5.41) is 15.4. The van der Waals surface area contributed by atoms with E-state index in [4.69, 9.17) is 27.9 Å².